The van der Waals surface area contributed by atoms with E-state index in [1.807, 2.05) is 30.9 Å². The highest BCUT2D eigenvalue weighted by Gasteiger charge is 2.29. The van der Waals surface area contributed by atoms with E-state index in [0.717, 1.165) is 28.3 Å². The molecule has 25 heavy (non-hydrogen) atoms. The Balaban J connectivity index is 1.58. The van der Waals surface area contributed by atoms with Gasteiger partial charge in [0, 0.05) is 31.1 Å². The fraction of sp³-hybridized carbons (Fsp3) is 0.444. The van der Waals surface area contributed by atoms with Crippen molar-refractivity contribution in [1.82, 2.24) is 20.0 Å². The van der Waals surface area contributed by atoms with Crippen LogP contribution in [0.3, 0.4) is 0 Å². The predicted octanol–water partition coefficient (Wildman–Crippen LogP) is 2.53. The Hall–Kier alpha value is -2.28. The molecule has 0 aliphatic carbocycles. The number of piperidine rings is 1. The second kappa shape index (κ2) is 7.31. The summed E-state index contributed by atoms with van der Waals surface area (Å²) >= 11 is 1.53. The van der Waals surface area contributed by atoms with Gasteiger partial charge < -0.3 is 9.80 Å². The SMILES string of the molecule is Cc1ccc(C(=O)N(C)C2CCN(C(=O)c3ccc(C)s3)CC2)nn1. The van der Waals surface area contributed by atoms with Crippen LogP contribution in [0.5, 0.6) is 0 Å². The number of amides is 2. The first-order valence-electron chi connectivity index (χ1n) is 8.39. The standard InChI is InChI=1S/C18H22N4O2S/c1-12-4-6-15(20-19-12)17(23)21(3)14-8-10-22(11-9-14)18(24)16-7-5-13(2)25-16/h4-7,14H,8-11H2,1-3H3. The molecule has 0 atom stereocenters. The van der Waals surface area contributed by atoms with Gasteiger partial charge in [0.25, 0.3) is 11.8 Å². The molecule has 0 saturated carbocycles. The molecule has 0 radical (unpaired) electrons. The lowest BCUT2D eigenvalue weighted by atomic mass is 10.0. The third-order valence-electron chi connectivity index (χ3n) is 4.59. The summed E-state index contributed by atoms with van der Waals surface area (Å²) in [5, 5.41) is 7.92. The molecule has 3 rings (SSSR count). The van der Waals surface area contributed by atoms with Crippen molar-refractivity contribution in [2.24, 2.45) is 0 Å². The number of hydrogen-bond donors (Lipinski definition) is 0. The Morgan fingerprint density at radius 1 is 1.12 bits per heavy atom. The normalized spacial score (nSPS) is 15.2. The molecule has 1 saturated heterocycles. The number of aryl methyl sites for hydroxylation is 2. The second-order valence-electron chi connectivity index (χ2n) is 6.41. The van der Waals surface area contributed by atoms with Gasteiger partial charge in [0.15, 0.2) is 5.69 Å². The summed E-state index contributed by atoms with van der Waals surface area (Å²) in [6.07, 6.45) is 1.55. The van der Waals surface area contributed by atoms with Gasteiger partial charge in [-0.05, 0) is 51.0 Å². The number of carbonyl (C=O) groups is 2. The molecule has 7 heteroatoms. The van der Waals surface area contributed by atoms with Crippen LogP contribution in [-0.2, 0) is 0 Å². The average Bonchev–Trinajstić information content (AvgIpc) is 3.07. The van der Waals surface area contributed by atoms with Crippen molar-refractivity contribution in [1.29, 1.82) is 0 Å². The monoisotopic (exact) mass is 358 g/mol. The molecule has 1 fully saturated rings. The number of nitrogens with zero attached hydrogens (tertiary/aromatic N) is 4. The first kappa shape index (κ1) is 17.5. The minimum Gasteiger partial charge on any atom is -0.338 e. The van der Waals surface area contributed by atoms with Crippen LogP contribution in [0.4, 0.5) is 0 Å². The summed E-state index contributed by atoms with van der Waals surface area (Å²) in [6, 6.07) is 7.47. The summed E-state index contributed by atoms with van der Waals surface area (Å²) in [5.74, 6) is -0.0268. The smallest absolute Gasteiger partial charge is 0.274 e. The fourth-order valence-corrected chi connectivity index (χ4v) is 3.86. The van der Waals surface area contributed by atoms with E-state index in [9.17, 15) is 9.59 Å². The first-order chi connectivity index (χ1) is 12.0. The zero-order valence-electron chi connectivity index (χ0n) is 14.7. The van der Waals surface area contributed by atoms with Gasteiger partial charge in [-0.3, -0.25) is 9.59 Å². The van der Waals surface area contributed by atoms with Crippen molar-refractivity contribution in [2.75, 3.05) is 20.1 Å². The van der Waals surface area contributed by atoms with Crippen LogP contribution in [-0.4, -0.2) is 58.0 Å². The molecule has 6 nitrogen and oxygen atoms in total. The van der Waals surface area contributed by atoms with Gasteiger partial charge in [-0.1, -0.05) is 0 Å². The van der Waals surface area contributed by atoms with Crippen LogP contribution in [0, 0.1) is 13.8 Å². The first-order valence-corrected chi connectivity index (χ1v) is 9.20. The van der Waals surface area contributed by atoms with Crippen molar-refractivity contribution in [3.05, 3.63) is 45.4 Å². The van der Waals surface area contributed by atoms with Crippen LogP contribution in [0.25, 0.3) is 0 Å². The number of thiophene rings is 1. The largest absolute Gasteiger partial charge is 0.338 e. The molecule has 2 aromatic rings. The van der Waals surface area contributed by atoms with Crippen LogP contribution in [0.15, 0.2) is 24.3 Å². The minimum atomic E-state index is -0.119. The molecule has 0 bridgehead atoms. The Morgan fingerprint density at radius 3 is 2.40 bits per heavy atom. The topological polar surface area (TPSA) is 66.4 Å². The fourth-order valence-electron chi connectivity index (χ4n) is 3.02. The van der Waals surface area contributed by atoms with E-state index in [4.69, 9.17) is 0 Å². The lowest BCUT2D eigenvalue weighted by Gasteiger charge is -2.36. The maximum absolute atomic E-state index is 12.5. The lowest BCUT2D eigenvalue weighted by molar-refractivity contribution is 0.0568. The lowest BCUT2D eigenvalue weighted by Crippen LogP contribution is -2.47. The zero-order chi connectivity index (χ0) is 18.0. The quantitative estimate of drug-likeness (QED) is 0.846. The average molecular weight is 358 g/mol. The second-order valence-corrected chi connectivity index (χ2v) is 7.70. The third kappa shape index (κ3) is 3.87. The molecule has 2 amide bonds. The number of likely N-dealkylation sites (tertiary alicyclic amines) is 1. The molecule has 0 spiro atoms. The molecule has 132 valence electrons. The molecule has 0 N–H and O–H groups in total. The van der Waals surface area contributed by atoms with E-state index < -0.39 is 0 Å². The van der Waals surface area contributed by atoms with E-state index in [-0.39, 0.29) is 17.9 Å². The van der Waals surface area contributed by atoms with E-state index >= 15 is 0 Å². The van der Waals surface area contributed by atoms with Gasteiger partial charge in [0.2, 0.25) is 0 Å². The van der Waals surface area contributed by atoms with Crippen LogP contribution in [0.2, 0.25) is 0 Å². The highest BCUT2D eigenvalue weighted by atomic mass is 32.1. The van der Waals surface area contributed by atoms with Gasteiger partial charge in [0.05, 0.1) is 10.6 Å². The van der Waals surface area contributed by atoms with E-state index in [1.165, 1.54) is 11.3 Å². The summed E-state index contributed by atoms with van der Waals surface area (Å²) in [6.45, 7) is 5.17. The molecule has 0 aromatic carbocycles. The maximum atomic E-state index is 12.5. The van der Waals surface area contributed by atoms with Crippen molar-refractivity contribution < 1.29 is 9.59 Å². The number of hydrogen-bond acceptors (Lipinski definition) is 5. The van der Waals surface area contributed by atoms with E-state index in [0.29, 0.717) is 18.8 Å². The van der Waals surface area contributed by atoms with Gasteiger partial charge in [0.1, 0.15) is 0 Å². The van der Waals surface area contributed by atoms with Crippen LogP contribution >= 0.6 is 11.3 Å². The van der Waals surface area contributed by atoms with Crippen molar-refractivity contribution >= 4 is 23.2 Å². The molecule has 2 aromatic heterocycles. The summed E-state index contributed by atoms with van der Waals surface area (Å²) < 4.78 is 0. The van der Waals surface area contributed by atoms with Crippen molar-refractivity contribution in [3.63, 3.8) is 0 Å². The van der Waals surface area contributed by atoms with Gasteiger partial charge in [-0.25, -0.2) is 0 Å². The van der Waals surface area contributed by atoms with Gasteiger partial charge >= 0.3 is 0 Å². The Kier molecular flexibility index (Phi) is 5.13. The molecule has 0 unspecified atom stereocenters. The molecular weight excluding hydrogens is 336 g/mol. The van der Waals surface area contributed by atoms with Crippen LogP contribution < -0.4 is 0 Å². The van der Waals surface area contributed by atoms with E-state index in [1.54, 1.807) is 24.1 Å². The molecular formula is C18H22N4O2S. The molecule has 1 aliphatic heterocycles. The maximum Gasteiger partial charge on any atom is 0.274 e. The summed E-state index contributed by atoms with van der Waals surface area (Å²) in [4.78, 5) is 30.6. The minimum absolute atomic E-state index is 0.0925. The van der Waals surface area contributed by atoms with E-state index in [2.05, 4.69) is 10.2 Å². The van der Waals surface area contributed by atoms with Crippen LogP contribution in [0.1, 0.15) is 43.6 Å². The Bertz CT molecular complexity index is 764. The van der Waals surface area contributed by atoms with Gasteiger partial charge in [-0.2, -0.15) is 5.10 Å². The highest BCUT2D eigenvalue weighted by Crippen LogP contribution is 2.22. The number of rotatable bonds is 3. The zero-order valence-corrected chi connectivity index (χ0v) is 15.5. The number of aromatic nitrogens is 2. The Labute approximate surface area is 151 Å². The number of carbonyl (C=O) groups excluding carboxylic acids is 2. The predicted molar refractivity (Wildman–Crippen MR) is 96.8 cm³/mol. The highest BCUT2D eigenvalue weighted by molar-refractivity contribution is 7.13. The molecule has 1 aliphatic rings. The van der Waals surface area contributed by atoms with Gasteiger partial charge in [-0.15, -0.1) is 16.4 Å². The van der Waals surface area contributed by atoms with Crippen molar-refractivity contribution in [3.8, 4) is 0 Å². The van der Waals surface area contributed by atoms with Crippen molar-refractivity contribution in [2.45, 2.75) is 32.7 Å². The summed E-state index contributed by atoms with van der Waals surface area (Å²) in [7, 11) is 1.80. The Morgan fingerprint density at radius 2 is 1.84 bits per heavy atom. The molecule has 3 heterocycles. The third-order valence-corrected chi connectivity index (χ3v) is 5.58. The summed E-state index contributed by atoms with van der Waals surface area (Å²) in [5.41, 5.74) is 1.15.